The quantitative estimate of drug-likeness (QED) is 0.225. The molecule has 0 fully saturated rings. The third-order valence-corrected chi connectivity index (χ3v) is 4.98. The van der Waals surface area contributed by atoms with Crippen LogP contribution in [-0.2, 0) is 20.1 Å². The van der Waals surface area contributed by atoms with Crippen LogP contribution in [0.2, 0.25) is 0 Å². The average Bonchev–Trinajstić information content (AvgIpc) is 3.29. The molecule has 0 atom stereocenters. The Morgan fingerprint density at radius 1 is 0.962 bits per heavy atom. The van der Waals surface area contributed by atoms with Gasteiger partial charge >= 0.3 is 0 Å². The van der Waals surface area contributed by atoms with Gasteiger partial charge in [-0.3, -0.25) is 9.36 Å². The van der Waals surface area contributed by atoms with Crippen LogP contribution in [0.1, 0.15) is 5.69 Å². The standard InChI is InChI=1S/C21H14N3S.Ir/c1-14-12-24(21(23-14)17-11-22-25-13-17)20-18-8-4-2-6-15(18)10-16-7-3-5-9-19(16)20;/h2-10,12-13H,1H3;/q-1;. The Hall–Kier alpha value is -2.33. The minimum Gasteiger partial charge on any atom is -0.352 e. The molecule has 0 N–H and O–H groups in total. The van der Waals surface area contributed by atoms with Crippen LogP contribution >= 0.6 is 11.5 Å². The molecule has 5 rings (SSSR count). The number of hydrogen-bond donors (Lipinski definition) is 0. The Morgan fingerprint density at radius 2 is 1.62 bits per heavy atom. The SMILES string of the molecule is Cc1cn(-c2c3ccccc3cc3ccccc23)c(-c2[c-]nsc2)n1.[Ir]. The van der Waals surface area contributed by atoms with Gasteiger partial charge in [0.15, 0.2) is 0 Å². The maximum absolute atomic E-state index is 4.74. The van der Waals surface area contributed by atoms with Crippen molar-refractivity contribution >= 4 is 33.1 Å². The first kappa shape index (κ1) is 17.1. The molecule has 0 aliphatic carbocycles. The van der Waals surface area contributed by atoms with Crippen LogP contribution in [0, 0.1) is 13.1 Å². The zero-order chi connectivity index (χ0) is 16.8. The molecule has 3 aromatic carbocycles. The van der Waals surface area contributed by atoms with Crippen LogP contribution < -0.4 is 0 Å². The maximum Gasteiger partial charge on any atom is 0.0511 e. The van der Waals surface area contributed by atoms with Crippen LogP contribution in [0.4, 0.5) is 0 Å². The van der Waals surface area contributed by atoms with E-state index in [0.29, 0.717) is 0 Å². The Morgan fingerprint density at radius 3 is 2.23 bits per heavy atom. The summed E-state index contributed by atoms with van der Waals surface area (Å²) in [7, 11) is 0. The zero-order valence-electron chi connectivity index (χ0n) is 13.9. The maximum atomic E-state index is 4.74. The zero-order valence-corrected chi connectivity index (χ0v) is 17.1. The molecule has 0 saturated heterocycles. The van der Waals surface area contributed by atoms with Gasteiger partial charge in [0.25, 0.3) is 0 Å². The van der Waals surface area contributed by atoms with Gasteiger partial charge < -0.3 is 4.57 Å². The van der Waals surface area contributed by atoms with Crippen molar-refractivity contribution < 1.29 is 20.1 Å². The van der Waals surface area contributed by atoms with E-state index in [4.69, 9.17) is 4.98 Å². The molecule has 0 unspecified atom stereocenters. The molecule has 129 valence electrons. The van der Waals surface area contributed by atoms with Crippen molar-refractivity contribution in [1.29, 1.82) is 0 Å². The number of rotatable bonds is 2. The van der Waals surface area contributed by atoms with Crippen LogP contribution in [-0.4, -0.2) is 13.9 Å². The average molecular weight is 533 g/mol. The predicted octanol–water partition coefficient (Wildman–Crippen LogP) is 5.41. The first-order valence-electron chi connectivity index (χ1n) is 8.10. The summed E-state index contributed by atoms with van der Waals surface area (Å²) in [6, 6.07) is 19.2. The fourth-order valence-electron chi connectivity index (χ4n) is 3.39. The van der Waals surface area contributed by atoms with Gasteiger partial charge in [0.2, 0.25) is 0 Å². The molecule has 3 nitrogen and oxygen atoms in total. The van der Waals surface area contributed by atoms with Crippen LogP contribution in [0.5, 0.6) is 0 Å². The minimum absolute atomic E-state index is 0. The van der Waals surface area contributed by atoms with Gasteiger partial charge in [0, 0.05) is 48.6 Å². The largest absolute Gasteiger partial charge is 0.352 e. The van der Waals surface area contributed by atoms with Gasteiger partial charge in [-0.15, -0.1) is 17.1 Å². The van der Waals surface area contributed by atoms with E-state index in [1.165, 1.54) is 33.1 Å². The molecule has 0 aliphatic rings. The summed E-state index contributed by atoms with van der Waals surface area (Å²) in [6.07, 6.45) is 5.15. The first-order valence-corrected chi connectivity index (χ1v) is 8.94. The van der Waals surface area contributed by atoms with Crippen LogP contribution in [0.25, 0.3) is 38.6 Å². The topological polar surface area (TPSA) is 30.7 Å². The van der Waals surface area contributed by atoms with Crippen molar-refractivity contribution in [2.75, 3.05) is 0 Å². The summed E-state index contributed by atoms with van der Waals surface area (Å²) < 4.78 is 6.31. The summed E-state index contributed by atoms with van der Waals surface area (Å²) in [5, 5.41) is 6.86. The predicted molar refractivity (Wildman–Crippen MR) is 103 cm³/mol. The van der Waals surface area contributed by atoms with Crippen molar-refractivity contribution in [2.24, 2.45) is 0 Å². The molecule has 5 heteroatoms. The third-order valence-electron chi connectivity index (χ3n) is 4.44. The van der Waals surface area contributed by atoms with Gasteiger partial charge in [-0.1, -0.05) is 60.1 Å². The number of aryl methyl sites for hydroxylation is 1. The summed E-state index contributed by atoms with van der Waals surface area (Å²) in [6.45, 7) is 2.02. The second-order valence-electron chi connectivity index (χ2n) is 6.08. The van der Waals surface area contributed by atoms with Gasteiger partial charge in [0.1, 0.15) is 0 Å². The Labute approximate surface area is 168 Å². The van der Waals surface area contributed by atoms with E-state index in [-0.39, 0.29) is 20.1 Å². The monoisotopic (exact) mass is 533 g/mol. The molecule has 5 aromatic rings. The van der Waals surface area contributed by atoms with Crippen molar-refractivity contribution in [3.05, 3.63) is 78.1 Å². The number of hydrogen-bond acceptors (Lipinski definition) is 3. The Bertz CT molecular complexity index is 1150. The van der Waals surface area contributed by atoms with E-state index >= 15 is 0 Å². The van der Waals surface area contributed by atoms with Gasteiger partial charge in [-0.2, -0.15) is 0 Å². The molecule has 26 heavy (non-hydrogen) atoms. The fraction of sp³-hybridized carbons (Fsp3) is 0.0476. The van der Waals surface area contributed by atoms with Crippen molar-refractivity contribution in [2.45, 2.75) is 6.92 Å². The Balaban J connectivity index is 0.00000168. The normalized spacial score (nSPS) is 11.0. The number of imidazole rings is 1. The molecule has 0 saturated carbocycles. The van der Waals surface area contributed by atoms with Crippen LogP contribution in [0.3, 0.4) is 0 Å². The second-order valence-corrected chi connectivity index (χ2v) is 6.71. The number of aromatic nitrogens is 3. The summed E-state index contributed by atoms with van der Waals surface area (Å²) >= 11 is 1.40. The van der Waals surface area contributed by atoms with Gasteiger partial charge in [-0.25, -0.2) is 0 Å². The van der Waals surface area contributed by atoms with Crippen molar-refractivity contribution in [3.63, 3.8) is 0 Å². The molecule has 0 amide bonds. The summed E-state index contributed by atoms with van der Waals surface area (Å²) in [5.41, 5.74) is 3.06. The van der Waals surface area contributed by atoms with Crippen molar-refractivity contribution in [1.82, 2.24) is 13.9 Å². The molecule has 2 heterocycles. The fourth-order valence-corrected chi connectivity index (χ4v) is 3.86. The Kier molecular flexibility index (Phi) is 4.45. The molecule has 0 bridgehead atoms. The number of fused-ring (bicyclic) bond motifs is 2. The van der Waals surface area contributed by atoms with Crippen molar-refractivity contribution in [3.8, 4) is 17.1 Å². The number of benzene rings is 3. The first-order chi connectivity index (χ1) is 12.3. The van der Waals surface area contributed by atoms with Gasteiger partial charge in [-0.05, 0) is 23.8 Å². The number of nitrogens with zero attached hydrogens (tertiary/aromatic N) is 3. The van der Waals surface area contributed by atoms with E-state index in [1.54, 1.807) is 0 Å². The summed E-state index contributed by atoms with van der Waals surface area (Å²) in [5.74, 6) is 0.882. The van der Waals surface area contributed by atoms with E-state index in [0.717, 1.165) is 22.8 Å². The van der Waals surface area contributed by atoms with Gasteiger partial charge in [0.05, 0.1) is 5.69 Å². The molecule has 0 aliphatic heterocycles. The molecule has 1 radical (unpaired) electrons. The van der Waals surface area contributed by atoms with E-state index in [2.05, 4.69) is 75.9 Å². The smallest absolute Gasteiger partial charge is 0.0511 e. The second kappa shape index (κ2) is 6.76. The van der Waals surface area contributed by atoms with Crippen LogP contribution in [0.15, 0.2) is 66.2 Å². The third kappa shape index (κ3) is 2.69. The molecular weight excluding hydrogens is 519 g/mol. The molecular formula is C21H14IrN3S-. The summed E-state index contributed by atoms with van der Waals surface area (Å²) in [4.78, 5) is 4.74. The van der Waals surface area contributed by atoms with E-state index in [9.17, 15) is 0 Å². The minimum atomic E-state index is 0. The van der Waals surface area contributed by atoms with E-state index < -0.39 is 0 Å². The molecule has 2 aromatic heterocycles. The molecule has 0 spiro atoms. The van der Waals surface area contributed by atoms with E-state index in [1.807, 2.05) is 12.3 Å².